The van der Waals surface area contributed by atoms with E-state index in [0.29, 0.717) is 0 Å². The van der Waals surface area contributed by atoms with Crippen molar-refractivity contribution in [3.63, 3.8) is 0 Å². The van der Waals surface area contributed by atoms with Gasteiger partial charge in [-0.2, -0.15) is 0 Å². The lowest BCUT2D eigenvalue weighted by Gasteiger charge is -2.06. The van der Waals surface area contributed by atoms with Gasteiger partial charge in [0.05, 0.1) is 6.61 Å². The SMILES string of the molecule is CC1CC1CNc1cccc(CO)c1. The summed E-state index contributed by atoms with van der Waals surface area (Å²) in [6.07, 6.45) is 1.35. The van der Waals surface area contributed by atoms with Crippen molar-refractivity contribution in [2.75, 3.05) is 11.9 Å². The Balaban J connectivity index is 1.88. The molecule has 0 amide bonds. The Morgan fingerprint density at radius 1 is 1.50 bits per heavy atom. The molecule has 1 aromatic rings. The summed E-state index contributed by atoms with van der Waals surface area (Å²) in [4.78, 5) is 0. The van der Waals surface area contributed by atoms with E-state index in [2.05, 4.69) is 12.2 Å². The molecule has 2 N–H and O–H groups in total. The highest BCUT2D eigenvalue weighted by molar-refractivity contribution is 5.45. The van der Waals surface area contributed by atoms with Crippen molar-refractivity contribution in [1.82, 2.24) is 0 Å². The summed E-state index contributed by atoms with van der Waals surface area (Å²) >= 11 is 0. The van der Waals surface area contributed by atoms with Crippen LogP contribution >= 0.6 is 0 Å². The molecule has 2 atom stereocenters. The van der Waals surface area contributed by atoms with Crippen molar-refractivity contribution in [2.24, 2.45) is 11.8 Å². The first kappa shape index (κ1) is 9.53. The molecule has 2 unspecified atom stereocenters. The summed E-state index contributed by atoms with van der Waals surface area (Å²) in [6, 6.07) is 7.97. The van der Waals surface area contributed by atoms with E-state index in [1.807, 2.05) is 24.3 Å². The first-order valence-corrected chi connectivity index (χ1v) is 5.23. The molecule has 1 saturated carbocycles. The molecule has 1 fully saturated rings. The Morgan fingerprint density at radius 3 is 2.93 bits per heavy atom. The maximum Gasteiger partial charge on any atom is 0.0682 e. The number of aliphatic hydroxyl groups is 1. The lowest BCUT2D eigenvalue weighted by molar-refractivity contribution is 0.282. The van der Waals surface area contributed by atoms with Crippen LogP contribution in [0.4, 0.5) is 5.69 Å². The molecular weight excluding hydrogens is 174 g/mol. The molecule has 0 bridgehead atoms. The van der Waals surface area contributed by atoms with Gasteiger partial charge < -0.3 is 10.4 Å². The zero-order valence-corrected chi connectivity index (χ0v) is 8.53. The van der Waals surface area contributed by atoms with Crippen LogP contribution in [-0.2, 0) is 6.61 Å². The fourth-order valence-electron chi connectivity index (χ4n) is 1.71. The predicted octanol–water partition coefficient (Wildman–Crippen LogP) is 2.25. The topological polar surface area (TPSA) is 32.3 Å². The lowest BCUT2D eigenvalue weighted by Crippen LogP contribution is -2.04. The number of aliphatic hydroxyl groups excluding tert-OH is 1. The number of anilines is 1. The van der Waals surface area contributed by atoms with E-state index in [9.17, 15) is 0 Å². The van der Waals surface area contributed by atoms with Gasteiger partial charge in [0.25, 0.3) is 0 Å². The van der Waals surface area contributed by atoms with Gasteiger partial charge in [-0.05, 0) is 36.0 Å². The van der Waals surface area contributed by atoms with Crippen LogP contribution in [-0.4, -0.2) is 11.7 Å². The first-order chi connectivity index (χ1) is 6.79. The molecule has 2 heteroatoms. The fraction of sp³-hybridized carbons (Fsp3) is 0.500. The van der Waals surface area contributed by atoms with E-state index in [-0.39, 0.29) is 6.61 Å². The zero-order valence-electron chi connectivity index (χ0n) is 8.53. The van der Waals surface area contributed by atoms with Gasteiger partial charge >= 0.3 is 0 Å². The Hall–Kier alpha value is -1.02. The van der Waals surface area contributed by atoms with Gasteiger partial charge in [0.2, 0.25) is 0 Å². The van der Waals surface area contributed by atoms with Crippen molar-refractivity contribution < 1.29 is 5.11 Å². The minimum Gasteiger partial charge on any atom is -0.392 e. The van der Waals surface area contributed by atoms with Crippen LogP contribution in [0.1, 0.15) is 18.9 Å². The first-order valence-electron chi connectivity index (χ1n) is 5.23. The van der Waals surface area contributed by atoms with E-state index in [0.717, 1.165) is 29.6 Å². The number of hydrogen-bond acceptors (Lipinski definition) is 2. The molecule has 1 aliphatic carbocycles. The average Bonchev–Trinajstić information content (AvgIpc) is 2.92. The van der Waals surface area contributed by atoms with Gasteiger partial charge in [-0.3, -0.25) is 0 Å². The third-order valence-corrected chi connectivity index (χ3v) is 2.95. The highest BCUT2D eigenvalue weighted by Gasteiger charge is 2.31. The maximum absolute atomic E-state index is 8.97. The van der Waals surface area contributed by atoms with E-state index < -0.39 is 0 Å². The van der Waals surface area contributed by atoms with Gasteiger partial charge in [-0.15, -0.1) is 0 Å². The quantitative estimate of drug-likeness (QED) is 0.765. The third-order valence-electron chi connectivity index (χ3n) is 2.95. The van der Waals surface area contributed by atoms with Crippen LogP contribution in [0.15, 0.2) is 24.3 Å². The van der Waals surface area contributed by atoms with Crippen molar-refractivity contribution >= 4 is 5.69 Å². The van der Waals surface area contributed by atoms with Gasteiger partial charge in [0.1, 0.15) is 0 Å². The second-order valence-corrected chi connectivity index (χ2v) is 4.21. The monoisotopic (exact) mass is 191 g/mol. The summed E-state index contributed by atoms with van der Waals surface area (Å²) < 4.78 is 0. The van der Waals surface area contributed by atoms with Crippen LogP contribution in [0, 0.1) is 11.8 Å². The molecule has 2 rings (SSSR count). The lowest BCUT2D eigenvalue weighted by atomic mass is 10.2. The summed E-state index contributed by atoms with van der Waals surface area (Å²) in [7, 11) is 0. The highest BCUT2D eigenvalue weighted by Crippen LogP contribution is 2.37. The smallest absolute Gasteiger partial charge is 0.0682 e. The van der Waals surface area contributed by atoms with Crippen LogP contribution < -0.4 is 5.32 Å². The molecule has 76 valence electrons. The van der Waals surface area contributed by atoms with Gasteiger partial charge in [0, 0.05) is 12.2 Å². The van der Waals surface area contributed by atoms with E-state index >= 15 is 0 Å². The predicted molar refractivity (Wildman–Crippen MR) is 58.1 cm³/mol. The molecule has 2 nitrogen and oxygen atoms in total. The summed E-state index contributed by atoms with van der Waals surface area (Å²) in [5.41, 5.74) is 2.09. The number of rotatable bonds is 4. The van der Waals surface area contributed by atoms with Crippen LogP contribution in [0.25, 0.3) is 0 Å². The molecule has 1 aliphatic rings. The number of hydrogen-bond donors (Lipinski definition) is 2. The Morgan fingerprint density at radius 2 is 2.29 bits per heavy atom. The molecule has 0 spiro atoms. The van der Waals surface area contributed by atoms with Crippen molar-refractivity contribution in [1.29, 1.82) is 0 Å². The van der Waals surface area contributed by atoms with E-state index in [1.54, 1.807) is 0 Å². The van der Waals surface area contributed by atoms with Crippen molar-refractivity contribution in [3.8, 4) is 0 Å². The van der Waals surface area contributed by atoms with Gasteiger partial charge in [0.15, 0.2) is 0 Å². The van der Waals surface area contributed by atoms with Crippen molar-refractivity contribution in [3.05, 3.63) is 29.8 Å². The summed E-state index contributed by atoms with van der Waals surface area (Å²) in [5, 5.41) is 12.4. The fourth-order valence-corrected chi connectivity index (χ4v) is 1.71. The van der Waals surface area contributed by atoms with E-state index in [4.69, 9.17) is 5.11 Å². The second kappa shape index (κ2) is 4.01. The Labute approximate surface area is 85.0 Å². The molecule has 0 radical (unpaired) electrons. The zero-order chi connectivity index (χ0) is 9.97. The molecule has 0 aromatic heterocycles. The molecular formula is C12H17NO. The highest BCUT2D eigenvalue weighted by atomic mass is 16.3. The standard InChI is InChI=1S/C12H17NO/c1-9-5-11(9)7-13-12-4-2-3-10(6-12)8-14/h2-4,6,9,11,13-14H,5,7-8H2,1H3. The van der Waals surface area contributed by atoms with Crippen LogP contribution in [0.2, 0.25) is 0 Å². The minimum atomic E-state index is 0.120. The molecule has 1 aromatic carbocycles. The normalized spacial score (nSPS) is 24.7. The Kier molecular flexibility index (Phi) is 2.73. The molecule has 0 heterocycles. The molecule has 0 aliphatic heterocycles. The van der Waals surface area contributed by atoms with Crippen molar-refractivity contribution in [2.45, 2.75) is 20.0 Å². The van der Waals surface area contributed by atoms with Gasteiger partial charge in [-0.1, -0.05) is 19.1 Å². The largest absolute Gasteiger partial charge is 0.392 e. The Bertz CT molecular complexity index is 311. The third kappa shape index (κ3) is 2.26. The summed E-state index contributed by atoms with van der Waals surface area (Å²) in [6.45, 7) is 3.47. The average molecular weight is 191 g/mol. The van der Waals surface area contributed by atoms with E-state index in [1.165, 1.54) is 6.42 Å². The molecule has 0 saturated heterocycles. The van der Waals surface area contributed by atoms with Crippen LogP contribution in [0.3, 0.4) is 0 Å². The second-order valence-electron chi connectivity index (χ2n) is 4.21. The number of benzene rings is 1. The summed E-state index contributed by atoms with van der Waals surface area (Å²) in [5.74, 6) is 1.75. The minimum absolute atomic E-state index is 0.120. The van der Waals surface area contributed by atoms with Gasteiger partial charge in [-0.25, -0.2) is 0 Å². The maximum atomic E-state index is 8.97. The number of nitrogens with one attached hydrogen (secondary N) is 1. The van der Waals surface area contributed by atoms with Crippen LogP contribution in [0.5, 0.6) is 0 Å². The molecule has 14 heavy (non-hydrogen) atoms.